The Bertz CT molecular complexity index is 1230. The summed E-state index contributed by atoms with van der Waals surface area (Å²) < 4.78 is 21.6. The molecule has 3 N–H and O–H groups in total. The van der Waals surface area contributed by atoms with E-state index in [1.54, 1.807) is 20.8 Å². The summed E-state index contributed by atoms with van der Waals surface area (Å²) in [4.78, 5) is 50.4. The molecule has 3 amide bonds. The number of benzene rings is 2. The number of hydrazine groups is 1. The van der Waals surface area contributed by atoms with E-state index in [0.717, 1.165) is 30.4 Å². The Morgan fingerprint density at radius 2 is 1.23 bits per heavy atom. The van der Waals surface area contributed by atoms with Crippen LogP contribution in [0.1, 0.15) is 84.8 Å². The average Bonchev–Trinajstić information content (AvgIpc) is 2.99. The van der Waals surface area contributed by atoms with Crippen molar-refractivity contribution in [2.75, 3.05) is 19.6 Å². The molecule has 2 rings (SSSR count). The summed E-state index contributed by atoms with van der Waals surface area (Å²) in [5.41, 5.74) is 3.42. The highest BCUT2D eigenvalue weighted by Gasteiger charge is 2.24. The van der Waals surface area contributed by atoms with Gasteiger partial charge in [-0.15, -0.1) is 0 Å². The minimum Gasteiger partial charge on any atom is -0.461 e. The summed E-state index contributed by atoms with van der Waals surface area (Å²) >= 11 is 0. The number of unbranched alkanes of at least 4 members (excludes halogenated alkanes) is 3. The molecule has 1 atom stereocenters. The summed E-state index contributed by atoms with van der Waals surface area (Å²) in [6, 6.07) is 17.8. The normalized spacial score (nSPS) is 12.0. The van der Waals surface area contributed by atoms with Crippen molar-refractivity contribution >= 4 is 24.2 Å². The molecule has 0 aromatic heterocycles. The highest BCUT2D eigenvalue weighted by Crippen LogP contribution is 2.10. The monoisotopic (exact) mass is 656 g/mol. The fourth-order valence-electron chi connectivity index (χ4n) is 4.15. The molecule has 47 heavy (non-hydrogen) atoms. The largest absolute Gasteiger partial charge is 0.461 e. The van der Waals surface area contributed by atoms with E-state index in [-0.39, 0.29) is 26.2 Å². The van der Waals surface area contributed by atoms with Crippen molar-refractivity contribution in [2.24, 2.45) is 0 Å². The molecule has 0 saturated carbocycles. The first-order valence-electron chi connectivity index (χ1n) is 16.1. The zero-order chi connectivity index (χ0) is 34.7. The summed E-state index contributed by atoms with van der Waals surface area (Å²) in [5.74, 6) is -0.519. The van der Waals surface area contributed by atoms with Gasteiger partial charge in [0.05, 0.1) is 12.5 Å². The van der Waals surface area contributed by atoms with Crippen molar-refractivity contribution in [3.63, 3.8) is 0 Å². The molecule has 0 aliphatic rings. The van der Waals surface area contributed by atoms with Gasteiger partial charge in [-0.1, -0.05) is 73.5 Å². The lowest BCUT2D eigenvalue weighted by Crippen LogP contribution is -2.51. The highest BCUT2D eigenvalue weighted by molar-refractivity contribution is 5.73. The van der Waals surface area contributed by atoms with Crippen LogP contribution in [0.4, 0.5) is 14.4 Å². The Balaban J connectivity index is 1.98. The van der Waals surface area contributed by atoms with Gasteiger partial charge in [0.15, 0.2) is 0 Å². The van der Waals surface area contributed by atoms with Gasteiger partial charge in [-0.05, 0) is 65.5 Å². The number of nitrogens with zero attached hydrogens (tertiary/aromatic N) is 1. The number of esters is 1. The van der Waals surface area contributed by atoms with Gasteiger partial charge in [0.2, 0.25) is 0 Å². The van der Waals surface area contributed by atoms with Gasteiger partial charge >= 0.3 is 24.2 Å². The number of nitrogens with one attached hydrogen (secondary N) is 3. The Morgan fingerprint density at radius 1 is 0.702 bits per heavy atom. The molecule has 0 aliphatic carbocycles. The third-order valence-electron chi connectivity index (χ3n) is 6.31. The van der Waals surface area contributed by atoms with E-state index in [0.29, 0.717) is 19.5 Å². The van der Waals surface area contributed by atoms with E-state index in [9.17, 15) is 19.2 Å². The van der Waals surface area contributed by atoms with Crippen LogP contribution < -0.4 is 16.1 Å². The average molecular weight is 657 g/mol. The third-order valence-corrected chi connectivity index (χ3v) is 6.31. The van der Waals surface area contributed by atoms with Crippen molar-refractivity contribution in [1.82, 2.24) is 21.1 Å². The van der Waals surface area contributed by atoms with Crippen LogP contribution in [0.2, 0.25) is 0 Å². The van der Waals surface area contributed by atoms with Gasteiger partial charge in [0, 0.05) is 19.6 Å². The molecule has 0 saturated heterocycles. The topological polar surface area (TPSA) is 145 Å². The smallest absolute Gasteiger partial charge is 0.424 e. The minimum absolute atomic E-state index is 0.0277. The quantitative estimate of drug-likeness (QED) is 0.0780. The molecule has 2 aromatic rings. The molecule has 2 aromatic carbocycles. The zero-order valence-corrected chi connectivity index (χ0v) is 28.6. The summed E-state index contributed by atoms with van der Waals surface area (Å²) in [6.45, 7) is 11.7. The van der Waals surface area contributed by atoms with Crippen LogP contribution in [0, 0.1) is 0 Å². The molecule has 0 aliphatic heterocycles. The lowest BCUT2D eigenvalue weighted by molar-refractivity contribution is -0.145. The Morgan fingerprint density at radius 3 is 1.81 bits per heavy atom. The molecule has 12 nitrogen and oxygen atoms in total. The van der Waals surface area contributed by atoms with Crippen molar-refractivity contribution in [3.05, 3.63) is 71.8 Å². The second-order valence-corrected chi connectivity index (χ2v) is 13.1. The molecule has 0 radical (unpaired) electrons. The second-order valence-electron chi connectivity index (χ2n) is 13.1. The van der Waals surface area contributed by atoms with Crippen LogP contribution in [0.15, 0.2) is 60.7 Å². The molecule has 12 heteroatoms. The number of ether oxygens (including phenoxy) is 4. The number of carbonyl (C=O) groups is 4. The first-order chi connectivity index (χ1) is 22.2. The standard InChI is InChI=1S/C35H52N4O8/c1-34(2,3)46-31(41)36-21-15-7-8-16-22-39(33(43)45-26-28-19-13-10-14-20-28)37-24-29(38-32(42)47-35(4,5)6)23-30(40)44-25-27-17-11-9-12-18-27/h9-14,17-20,29,37H,7-8,15-16,21-26H2,1-6H3,(H,36,41)(H,38,42)/t29-/m0/s1. The van der Waals surface area contributed by atoms with Crippen molar-refractivity contribution in [2.45, 2.75) is 104 Å². The highest BCUT2D eigenvalue weighted by atomic mass is 16.6. The number of alkyl carbamates (subject to hydrolysis) is 2. The van der Waals surface area contributed by atoms with Crippen LogP contribution in [-0.4, -0.2) is 66.1 Å². The minimum atomic E-state index is -0.753. The Hall–Kier alpha value is -4.32. The maximum atomic E-state index is 13.2. The van der Waals surface area contributed by atoms with E-state index in [4.69, 9.17) is 18.9 Å². The van der Waals surface area contributed by atoms with Gasteiger partial charge in [-0.25, -0.2) is 24.8 Å². The summed E-state index contributed by atoms with van der Waals surface area (Å²) in [7, 11) is 0. The van der Waals surface area contributed by atoms with Gasteiger partial charge in [0.25, 0.3) is 0 Å². The van der Waals surface area contributed by atoms with E-state index < -0.39 is 41.5 Å². The van der Waals surface area contributed by atoms with Crippen LogP contribution in [-0.2, 0) is 37.0 Å². The number of rotatable bonds is 17. The van der Waals surface area contributed by atoms with E-state index in [2.05, 4.69) is 16.1 Å². The van der Waals surface area contributed by atoms with Crippen LogP contribution in [0.25, 0.3) is 0 Å². The zero-order valence-electron chi connectivity index (χ0n) is 28.6. The molecule has 0 bridgehead atoms. The number of amides is 3. The number of hydrogen-bond acceptors (Lipinski definition) is 9. The molecule has 0 heterocycles. The van der Waals surface area contributed by atoms with Gasteiger partial charge in [-0.2, -0.15) is 0 Å². The fraction of sp³-hybridized carbons (Fsp3) is 0.543. The Labute approximate surface area is 278 Å². The third kappa shape index (κ3) is 19.1. The first kappa shape index (κ1) is 38.9. The SMILES string of the molecule is CC(C)(C)OC(=O)NCCCCCCN(NC[C@H](CC(=O)OCc1ccccc1)NC(=O)OC(C)(C)C)C(=O)OCc1ccccc1. The predicted molar refractivity (Wildman–Crippen MR) is 178 cm³/mol. The molecule has 0 spiro atoms. The van der Waals surface area contributed by atoms with Crippen LogP contribution >= 0.6 is 0 Å². The van der Waals surface area contributed by atoms with E-state index in [1.807, 2.05) is 81.4 Å². The number of carbonyl (C=O) groups excluding carboxylic acids is 4. The van der Waals surface area contributed by atoms with Crippen molar-refractivity contribution < 1.29 is 38.1 Å². The fourth-order valence-corrected chi connectivity index (χ4v) is 4.15. The molecule has 0 unspecified atom stereocenters. The maximum Gasteiger partial charge on any atom is 0.424 e. The molecule has 260 valence electrons. The first-order valence-corrected chi connectivity index (χ1v) is 16.1. The predicted octanol–water partition coefficient (Wildman–Crippen LogP) is 6.24. The van der Waals surface area contributed by atoms with Crippen molar-refractivity contribution in [1.29, 1.82) is 0 Å². The number of hydrogen-bond donors (Lipinski definition) is 3. The second kappa shape index (κ2) is 20.0. The lowest BCUT2D eigenvalue weighted by atomic mass is 10.2. The molecule has 0 fully saturated rings. The van der Waals surface area contributed by atoms with E-state index >= 15 is 0 Å². The van der Waals surface area contributed by atoms with Gasteiger partial charge < -0.3 is 29.6 Å². The summed E-state index contributed by atoms with van der Waals surface area (Å²) in [6.07, 6.45) is 1.09. The van der Waals surface area contributed by atoms with Crippen LogP contribution in [0.5, 0.6) is 0 Å². The molecular weight excluding hydrogens is 604 g/mol. The van der Waals surface area contributed by atoms with Crippen LogP contribution in [0.3, 0.4) is 0 Å². The van der Waals surface area contributed by atoms with E-state index in [1.165, 1.54) is 5.01 Å². The van der Waals surface area contributed by atoms with Gasteiger partial charge in [0.1, 0.15) is 24.4 Å². The van der Waals surface area contributed by atoms with Gasteiger partial charge in [-0.3, -0.25) is 4.79 Å². The van der Waals surface area contributed by atoms with Crippen molar-refractivity contribution in [3.8, 4) is 0 Å². The lowest BCUT2D eigenvalue weighted by Gasteiger charge is -2.27. The summed E-state index contributed by atoms with van der Waals surface area (Å²) in [5, 5.41) is 6.81. The Kier molecular flexibility index (Phi) is 16.6. The maximum absolute atomic E-state index is 13.2. The molecular formula is C35H52N4O8.